The van der Waals surface area contributed by atoms with Gasteiger partial charge in [-0.15, -0.1) is 0 Å². The summed E-state index contributed by atoms with van der Waals surface area (Å²) in [6, 6.07) is 6.97. The van der Waals surface area contributed by atoms with Gasteiger partial charge in [-0.05, 0) is 31.4 Å². The normalized spacial score (nSPS) is 15.6. The maximum absolute atomic E-state index is 12.7. The number of phenolic OH excluding ortho intramolecular Hbond substituents is 1. The predicted octanol–water partition coefficient (Wildman–Crippen LogP) is 4.55. The molecule has 0 unspecified atom stereocenters. The Hall–Kier alpha value is -1.81. The van der Waals surface area contributed by atoms with Gasteiger partial charge in [-0.1, -0.05) is 55.8 Å². The largest absolute Gasteiger partial charge is 0.507 e. The first-order chi connectivity index (χ1) is 11.6. The molecule has 24 heavy (non-hydrogen) atoms. The zero-order valence-corrected chi connectivity index (χ0v) is 14.7. The van der Waals surface area contributed by atoms with E-state index in [1.807, 2.05) is 6.07 Å². The number of hydrogen-bond acceptors (Lipinski definition) is 3. The summed E-state index contributed by atoms with van der Waals surface area (Å²) in [5.74, 6) is 1.27. The van der Waals surface area contributed by atoms with Crippen molar-refractivity contribution in [3.63, 3.8) is 0 Å². The summed E-state index contributed by atoms with van der Waals surface area (Å²) >= 11 is 6.15. The number of halogens is 1. The second-order valence-corrected chi connectivity index (χ2v) is 6.98. The van der Waals surface area contributed by atoms with Gasteiger partial charge in [-0.2, -0.15) is 0 Å². The van der Waals surface area contributed by atoms with E-state index in [1.165, 1.54) is 32.1 Å². The van der Waals surface area contributed by atoms with Crippen molar-refractivity contribution in [2.24, 2.45) is 5.92 Å². The lowest BCUT2D eigenvalue weighted by molar-refractivity contribution is 0.322. The van der Waals surface area contributed by atoms with E-state index >= 15 is 0 Å². The van der Waals surface area contributed by atoms with Crippen LogP contribution in [0.5, 0.6) is 5.75 Å². The first-order valence-electron chi connectivity index (χ1n) is 8.63. The Morgan fingerprint density at radius 1 is 1.25 bits per heavy atom. The van der Waals surface area contributed by atoms with E-state index in [4.69, 9.17) is 11.6 Å². The number of aryl methyl sites for hydroxylation is 1. The Labute approximate surface area is 147 Å². The number of aromatic nitrogens is 2. The van der Waals surface area contributed by atoms with Gasteiger partial charge in [0.05, 0.1) is 11.3 Å². The molecule has 1 aromatic carbocycles. The maximum Gasteiger partial charge on any atom is 0.272 e. The molecule has 4 nitrogen and oxygen atoms in total. The van der Waals surface area contributed by atoms with Crippen LogP contribution >= 0.6 is 11.6 Å². The van der Waals surface area contributed by atoms with Crippen molar-refractivity contribution in [1.82, 2.24) is 9.55 Å². The van der Waals surface area contributed by atoms with E-state index in [2.05, 4.69) is 4.98 Å². The van der Waals surface area contributed by atoms with Gasteiger partial charge in [0.2, 0.25) is 0 Å². The average Bonchev–Trinajstić information content (AvgIpc) is 2.60. The van der Waals surface area contributed by atoms with E-state index in [9.17, 15) is 9.90 Å². The maximum atomic E-state index is 12.7. The average molecular weight is 347 g/mol. The fourth-order valence-corrected chi connectivity index (χ4v) is 3.65. The van der Waals surface area contributed by atoms with Crippen LogP contribution < -0.4 is 5.56 Å². The third-order valence-electron chi connectivity index (χ3n) is 4.91. The summed E-state index contributed by atoms with van der Waals surface area (Å²) in [5, 5.41) is 10.3. The van der Waals surface area contributed by atoms with E-state index < -0.39 is 0 Å². The minimum atomic E-state index is -0.224. The lowest BCUT2D eigenvalue weighted by Gasteiger charge is -2.22. The van der Waals surface area contributed by atoms with Crippen molar-refractivity contribution in [3.8, 4) is 17.1 Å². The van der Waals surface area contributed by atoms with Crippen molar-refractivity contribution in [2.45, 2.75) is 52.0 Å². The number of nitrogens with zero attached hydrogens (tertiary/aromatic N) is 2. The molecule has 1 aliphatic rings. The summed E-state index contributed by atoms with van der Waals surface area (Å²) in [7, 11) is 0. The molecule has 1 N–H and O–H groups in total. The fraction of sp³-hybridized carbons (Fsp3) is 0.474. The van der Waals surface area contributed by atoms with Crippen LogP contribution in [0.3, 0.4) is 0 Å². The second-order valence-electron chi connectivity index (χ2n) is 6.60. The number of para-hydroxylation sites is 1. The van der Waals surface area contributed by atoms with Crippen LogP contribution in [0.1, 0.15) is 44.2 Å². The Morgan fingerprint density at radius 3 is 2.67 bits per heavy atom. The Morgan fingerprint density at radius 2 is 1.96 bits per heavy atom. The molecule has 128 valence electrons. The third kappa shape index (κ3) is 3.48. The highest BCUT2D eigenvalue weighted by molar-refractivity contribution is 6.31. The van der Waals surface area contributed by atoms with E-state index in [1.54, 1.807) is 29.7 Å². The first kappa shape index (κ1) is 17.0. The number of rotatable bonds is 4. The molecule has 1 fully saturated rings. The van der Waals surface area contributed by atoms with Crippen LogP contribution in [0.15, 0.2) is 29.1 Å². The van der Waals surface area contributed by atoms with Gasteiger partial charge in [0.15, 0.2) is 0 Å². The lowest BCUT2D eigenvalue weighted by atomic mass is 9.87. The lowest BCUT2D eigenvalue weighted by Crippen LogP contribution is -2.26. The minimum absolute atomic E-state index is 0.123. The third-order valence-corrected chi connectivity index (χ3v) is 5.35. The highest BCUT2D eigenvalue weighted by Gasteiger charge is 2.19. The van der Waals surface area contributed by atoms with Crippen LogP contribution in [0.2, 0.25) is 5.02 Å². The molecule has 1 aromatic heterocycles. The van der Waals surface area contributed by atoms with Crippen molar-refractivity contribution in [3.05, 3.63) is 45.3 Å². The fourth-order valence-electron chi connectivity index (χ4n) is 3.50. The number of phenols is 1. The molecule has 0 aliphatic heterocycles. The van der Waals surface area contributed by atoms with Crippen molar-refractivity contribution >= 4 is 11.6 Å². The standard InChI is InChI=1S/C19H23ClN2O2/c1-13-17(20)19(24)22(12-11-14-7-3-2-4-8-14)18(21-13)15-9-5-6-10-16(15)23/h5-6,9-10,14,23H,2-4,7-8,11-12H2,1H3. The van der Waals surface area contributed by atoms with Crippen molar-refractivity contribution in [2.75, 3.05) is 0 Å². The topological polar surface area (TPSA) is 55.1 Å². The van der Waals surface area contributed by atoms with E-state index in [0.717, 1.165) is 6.42 Å². The van der Waals surface area contributed by atoms with Crippen LogP contribution in [-0.2, 0) is 6.54 Å². The van der Waals surface area contributed by atoms with Gasteiger partial charge in [-0.3, -0.25) is 9.36 Å². The zero-order chi connectivity index (χ0) is 17.1. The Bertz CT molecular complexity index is 779. The summed E-state index contributed by atoms with van der Waals surface area (Å²) in [5.41, 5.74) is 0.838. The molecule has 0 bridgehead atoms. The van der Waals surface area contributed by atoms with E-state index in [-0.39, 0.29) is 16.3 Å². The second kappa shape index (κ2) is 7.39. The first-order valence-corrected chi connectivity index (χ1v) is 9.01. The van der Waals surface area contributed by atoms with Gasteiger partial charge in [0.1, 0.15) is 16.6 Å². The van der Waals surface area contributed by atoms with Gasteiger partial charge in [0.25, 0.3) is 5.56 Å². The molecule has 0 saturated heterocycles. The SMILES string of the molecule is Cc1nc(-c2ccccc2O)n(CCC2CCCCC2)c(=O)c1Cl. The Kier molecular flexibility index (Phi) is 5.24. The molecule has 0 amide bonds. The number of aromatic hydroxyl groups is 1. The molecule has 0 spiro atoms. The van der Waals surface area contributed by atoms with E-state index in [0.29, 0.717) is 29.5 Å². The Balaban J connectivity index is 1.98. The van der Waals surface area contributed by atoms with Crippen molar-refractivity contribution in [1.29, 1.82) is 0 Å². The van der Waals surface area contributed by atoms with Crippen LogP contribution in [0, 0.1) is 12.8 Å². The predicted molar refractivity (Wildman–Crippen MR) is 96.5 cm³/mol. The monoisotopic (exact) mass is 346 g/mol. The highest BCUT2D eigenvalue weighted by atomic mass is 35.5. The highest BCUT2D eigenvalue weighted by Crippen LogP contribution is 2.30. The summed E-state index contributed by atoms with van der Waals surface area (Å²) in [4.78, 5) is 17.2. The molecular formula is C19H23ClN2O2. The molecule has 0 atom stereocenters. The van der Waals surface area contributed by atoms with Gasteiger partial charge >= 0.3 is 0 Å². The molecule has 1 aliphatic carbocycles. The minimum Gasteiger partial charge on any atom is -0.507 e. The summed E-state index contributed by atoms with van der Waals surface area (Å²) in [6.45, 7) is 2.30. The van der Waals surface area contributed by atoms with Gasteiger partial charge in [-0.25, -0.2) is 4.98 Å². The molecule has 2 aromatic rings. The zero-order valence-electron chi connectivity index (χ0n) is 14.0. The van der Waals surface area contributed by atoms with Crippen molar-refractivity contribution < 1.29 is 5.11 Å². The quantitative estimate of drug-likeness (QED) is 0.883. The summed E-state index contributed by atoms with van der Waals surface area (Å²) < 4.78 is 1.62. The van der Waals surface area contributed by atoms with Gasteiger partial charge < -0.3 is 5.11 Å². The molecule has 3 rings (SSSR count). The number of hydrogen-bond donors (Lipinski definition) is 1. The van der Waals surface area contributed by atoms with Crippen LogP contribution in [0.4, 0.5) is 0 Å². The molecule has 0 radical (unpaired) electrons. The van der Waals surface area contributed by atoms with Crippen LogP contribution in [0.25, 0.3) is 11.4 Å². The smallest absolute Gasteiger partial charge is 0.272 e. The number of benzene rings is 1. The van der Waals surface area contributed by atoms with Gasteiger partial charge in [0, 0.05) is 6.54 Å². The molecule has 1 saturated carbocycles. The molecular weight excluding hydrogens is 324 g/mol. The summed E-state index contributed by atoms with van der Waals surface area (Å²) in [6.07, 6.45) is 7.28. The molecule has 1 heterocycles. The van der Waals surface area contributed by atoms with Crippen LogP contribution in [-0.4, -0.2) is 14.7 Å². The molecule has 5 heteroatoms.